The highest BCUT2D eigenvalue weighted by Gasteiger charge is 2.24. The van der Waals surface area contributed by atoms with E-state index in [9.17, 15) is 8.42 Å². The lowest BCUT2D eigenvalue weighted by Gasteiger charge is -2.20. The first kappa shape index (κ1) is 26.3. The van der Waals surface area contributed by atoms with Crippen LogP contribution in [0, 0.1) is 0 Å². The fourth-order valence-electron chi connectivity index (χ4n) is 4.09. The van der Waals surface area contributed by atoms with Crippen molar-refractivity contribution < 1.29 is 8.42 Å². The second-order valence-electron chi connectivity index (χ2n) is 9.26. The molecule has 9 nitrogen and oxygen atoms in total. The summed E-state index contributed by atoms with van der Waals surface area (Å²) in [6.07, 6.45) is 2.67. The average Bonchev–Trinajstić information content (AvgIpc) is 3.31. The van der Waals surface area contributed by atoms with E-state index in [1.165, 1.54) is 38.3 Å². The number of likely N-dealkylation sites (tertiary alicyclic amines) is 1. The van der Waals surface area contributed by atoms with Crippen LogP contribution >= 0.6 is 11.6 Å². The fourth-order valence-corrected chi connectivity index (χ4v) is 5.27. The van der Waals surface area contributed by atoms with E-state index in [4.69, 9.17) is 11.6 Å². The smallest absolute Gasteiger partial charge is 0.244 e. The van der Waals surface area contributed by atoms with Crippen molar-refractivity contribution >= 4 is 44.8 Å². The van der Waals surface area contributed by atoms with Crippen molar-refractivity contribution in [3.63, 3.8) is 0 Å². The van der Waals surface area contributed by atoms with Gasteiger partial charge in [0.25, 0.3) is 0 Å². The molecule has 4 rings (SSSR count). The highest BCUT2D eigenvalue weighted by Crippen LogP contribution is 2.30. The lowest BCUT2D eigenvalue weighted by Crippen LogP contribution is -2.31. The third-order valence-electron chi connectivity index (χ3n) is 6.24. The number of rotatable bonds is 9. The largest absolute Gasteiger partial charge is 0.338 e. The monoisotopic (exact) mass is 529 g/mol. The summed E-state index contributed by atoms with van der Waals surface area (Å²) in [6, 6.07) is 15.4. The Labute approximate surface area is 218 Å². The molecule has 0 amide bonds. The molecule has 1 aromatic heterocycles. The molecule has 11 heteroatoms. The van der Waals surface area contributed by atoms with Crippen LogP contribution in [0.4, 0.5) is 23.1 Å². The summed E-state index contributed by atoms with van der Waals surface area (Å²) in [5, 5.41) is 6.52. The fraction of sp³-hybridized carbons (Fsp3) is 0.360. The molecular formula is C25H32ClN7O2S. The van der Waals surface area contributed by atoms with E-state index in [1.807, 2.05) is 12.1 Å². The lowest BCUT2D eigenvalue weighted by molar-refractivity contribution is 0.264. The number of aromatic nitrogens is 2. The molecule has 1 unspecified atom stereocenters. The van der Waals surface area contributed by atoms with Gasteiger partial charge in [-0.1, -0.05) is 35.9 Å². The van der Waals surface area contributed by atoms with Crippen molar-refractivity contribution in [2.45, 2.75) is 23.9 Å². The molecule has 1 saturated heterocycles. The number of nitrogens with zero attached hydrogens (tertiary/aromatic N) is 5. The van der Waals surface area contributed by atoms with Crippen LogP contribution in [0.5, 0.6) is 0 Å². The Balaban J connectivity index is 1.46. The van der Waals surface area contributed by atoms with Gasteiger partial charge in [0.15, 0.2) is 5.82 Å². The van der Waals surface area contributed by atoms with E-state index in [0.717, 1.165) is 29.6 Å². The third-order valence-corrected chi connectivity index (χ3v) is 8.39. The molecular weight excluding hydrogens is 498 g/mol. The summed E-state index contributed by atoms with van der Waals surface area (Å²) in [5.41, 5.74) is 2.47. The molecule has 0 radical (unpaired) electrons. The zero-order chi connectivity index (χ0) is 25.9. The minimum Gasteiger partial charge on any atom is -0.338 e. The van der Waals surface area contributed by atoms with Gasteiger partial charge in [-0.05, 0) is 50.3 Å². The minimum atomic E-state index is -3.66. The van der Waals surface area contributed by atoms with Gasteiger partial charge in [0, 0.05) is 45.5 Å². The van der Waals surface area contributed by atoms with Crippen molar-refractivity contribution in [2.75, 3.05) is 51.9 Å². The van der Waals surface area contributed by atoms with E-state index in [-0.39, 0.29) is 9.92 Å². The topological polar surface area (TPSA) is 93.7 Å². The summed E-state index contributed by atoms with van der Waals surface area (Å²) in [6.45, 7) is 3.11. The van der Waals surface area contributed by atoms with Crippen molar-refractivity contribution in [3.8, 4) is 0 Å². The van der Waals surface area contributed by atoms with E-state index in [0.29, 0.717) is 23.5 Å². The molecule has 3 aromatic rings. The third kappa shape index (κ3) is 6.13. The van der Waals surface area contributed by atoms with Gasteiger partial charge in [-0.2, -0.15) is 4.98 Å². The molecule has 1 aliphatic heterocycles. The van der Waals surface area contributed by atoms with Crippen molar-refractivity contribution in [1.29, 1.82) is 0 Å². The quantitative estimate of drug-likeness (QED) is 0.429. The molecule has 192 valence electrons. The predicted molar refractivity (Wildman–Crippen MR) is 145 cm³/mol. The van der Waals surface area contributed by atoms with Crippen LogP contribution < -0.4 is 10.6 Å². The van der Waals surface area contributed by atoms with Gasteiger partial charge < -0.3 is 15.5 Å². The van der Waals surface area contributed by atoms with Crippen LogP contribution in [0.2, 0.25) is 5.02 Å². The normalized spacial score (nSPS) is 16.6. The Bertz CT molecular complexity index is 1300. The van der Waals surface area contributed by atoms with Crippen LogP contribution in [0.3, 0.4) is 0 Å². The second kappa shape index (κ2) is 11.1. The molecule has 0 spiro atoms. The molecule has 1 fully saturated rings. The average molecular weight is 530 g/mol. The first-order valence-corrected chi connectivity index (χ1v) is 13.5. The van der Waals surface area contributed by atoms with Crippen molar-refractivity contribution in [3.05, 3.63) is 65.3 Å². The molecule has 2 aromatic carbocycles. The van der Waals surface area contributed by atoms with Crippen LogP contribution in [0.1, 0.15) is 12.0 Å². The summed E-state index contributed by atoms with van der Waals surface area (Å²) >= 11 is 6.33. The van der Waals surface area contributed by atoms with Gasteiger partial charge in [0.2, 0.25) is 16.0 Å². The van der Waals surface area contributed by atoms with Crippen LogP contribution in [-0.4, -0.2) is 79.8 Å². The molecule has 0 aliphatic carbocycles. The van der Waals surface area contributed by atoms with Crippen LogP contribution in [0.15, 0.2) is 59.6 Å². The first-order chi connectivity index (χ1) is 17.1. The summed E-state index contributed by atoms with van der Waals surface area (Å²) in [5.74, 6) is 0.646. The zero-order valence-electron chi connectivity index (χ0n) is 20.9. The number of halogens is 1. The minimum absolute atomic E-state index is 0.129. The maximum Gasteiger partial charge on any atom is 0.244 e. The molecule has 1 atom stereocenters. The number of benzene rings is 2. The number of sulfonamides is 1. The van der Waals surface area contributed by atoms with Crippen molar-refractivity contribution in [2.24, 2.45) is 0 Å². The zero-order valence-corrected chi connectivity index (χ0v) is 22.5. The van der Waals surface area contributed by atoms with E-state index in [2.05, 4.69) is 56.6 Å². The summed E-state index contributed by atoms with van der Waals surface area (Å²) in [4.78, 5) is 13.6. The maximum absolute atomic E-state index is 12.7. The van der Waals surface area contributed by atoms with Gasteiger partial charge in [-0.3, -0.25) is 4.90 Å². The van der Waals surface area contributed by atoms with E-state index >= 15 is 0 Å². The van der Waals surface area contributed by atoms with E-state index < -0.39 is 10.0 Å². The Morgan fingerprint density at radius 1 is 1.06 bits per heavy atom. The van der Waals surface area contributed by atoms with Crippen LogP contribution in [0.25, 0.3) is 0 Å². The molecule has 36 heavy (non-hydrogen) atoms. The van der Waals surface area contributed by atoms with Crippen molar-refractivity contribution in [1.82, 2.24) is 24.1 Å². The number of anilines is 4. The Morgan fingerprint density at radius 3 is 2.44 bits per heavy atom. The first-order valence-electron chi connectivity index (χ1n) is 11.7. The molecule has 2 N–H and O–H groups in total. The van der Waals surface area contributed by atoms with Crippen LogP contribution in [-0.2, 0) is 16.6 Å². The second-order valence-corrected chi connectivity index (χ2v) is 11.8. The Kier molecular flexibility index (Phi) is 8.11. The number of likely N-dealkylation sites (N-methyl/N-ethyl adjacent to an activating group) is 1. The van der Waals surface area contributed by atoms with Gasteiger partial charge in [-0.25, -0.2) is 17.7 Å². The maximum atomic E-state index is 12.7. The Morgan fingerprint density at radius 2 is 1.78 bits per heavy atom. The molecule has 0 saturated carbocycles. The summed E-state index contributed by atoms with van der Waals surface area (Å²) in [7, 11) is 3.60. The standard InChI is InChI=1S/C25H32ClN7O2S/c1-31(2)20-13-14-33(17-20)16-18-9-11-19(12-10-18)28-25-27-15-21(26)24(30-25)29-22-7-5-6-8-23(22)36(34,35)32(3)4/h5-12,15,20H,13-14,16-17H2,1-4H3,(H2,27,28,29,30). The predicted octanol–water partition coefficient (Wildman–Crippen LogP) is 4.00. The summed E-state index contributed by atoms with van der Waals surface area (Å²) < 4.78 is 26.6. The number of hydrogen-bond acceptors (Lipinski definition) is 8. The molecule has 0 bridgehead atoms. The number of nitrogens with one attached hydrogen (secondary N) is 2. The van der Waals surface area contributed by atoms with Gasteiger partial charge in [0.1, 0.15) is 9.92 Å². The highest BCUT2D eigenvalue weighted by atomic mass is 35.5. The lowest BCUT2D eigenvalue weighted by atomic mass is 10.2. The highest BCUT2D eigenvalue weighted by molar-refractivity contribution is 7.89. The van der Waals surface area contributed by atoms with Gasteiger partial charge in [0.05, 0.1) is 11.9 Å². The molecule has 2 heterocycles. The molecule has 1 aliphatic rings. The van der Waals surface area contributed by atoms with Gasteiger partial charge in [-0.15, -0.1) is 0 Å². The Hall–Kier alpha value is -2.76. The van der Waals surface area contributed by atoms with E-state index in [1.54, 1.807) is 18.2 Å². The van der Waals surface area contributed by atoms with Gasteiger partial charge >= 0.3 is 0 Å². The SMILES string of the molecule is CN(C)C1CCN(Cc2ccc(Nc3ncc(Cl)c(Nc4ccccc4S(=O)(=O)N(C)C)n3)cc2)C1. The number of para-hydroxylation sites is 1. The number of hydrogen-bond donors (Lipinski definition) is 2.